The highest BCUT2D eigenvalue weighted by Gasteiger charge is 2.28. The van der Waals surface area contributed by atoms with Crippen LogP contribution in [0.15, 0.2) is 425 Å². The molecule has 0 saturated carbocycles. The van der Waals surface area contributed by atoms with Crippen molar-refractivity contribution in [2.75, 3.05) is 9.80 Å². The minimum Gasteiger partial charge on any atom is -0.308 e. The lowest BCUT2D eigenvalue weighted by molar-refractivity contribution is 1.15. The number of benzene rings is 19. The van der Waals surface area contributed by atoms with Gasteiger partial charge in [-0.1, -0.05) is 315 Å². The van der Waals surface area contributed by atoms with E-state index in [-0.39, 0.29) is 0 Å². The Kier molecular flexibility index (Phi) is 16.0. The fraction of sp³-hybridized carbons (Fsp3) is 0. The smallest absolute Gasteiger partial charge is 0.0702 e. The van der Waals surface area contributed by atoms with Crippen LogP contribution in [0.2, 0.25) is 0 Å². The van der Waals surface area contributed by atoms with Crippen LogP contribution in [0.25, 0.3) is 184 Å². The van der Waals surface area contributed by atoms with Gasteiger partial charge >= 0.3 is 0 Å². The Morgan fingerprint density at radius 3 is 0.991 bits per heavy atom. The Bertz CT molecular complexity index is 7740. The van der Waals surface area contributed by atoms with Gasteiger partial charge in [-0.15, -0.1) is 22.7 Å². The number of nitrogens with zero attached hydrogens (tertiary/aromatic N) is 4. The molecule has 0 aliphatic carbocycles. The molecule has 0 aliphatic heterocycles. The molecule has 0 radical (unpaired) electrons. The van der Waals surface area contributed by atoms with Crippen LogP contribution in [-0.2, 0) is 0 Å². The molecular weight excluding hydrogens is 1440 g/mol. The van der Waals surface area contributed by atoms with Crippen LogP contribution in [0.5, 0.6) is 0 Å². The molecule has 0 N–H and O–H groups in total. The van der Waals surface area contributed by atoms with Crippen molar-refractivity contribution in [1.82, 2.24) is 9.13 Å². The van der Waals surface area contributed by atoms with E-state index >= 15 is 0 Å². The van der Waals surface area contributed by atoms with E-state index in [0.717, 1.165) is 62.2 Å². The van der Waals surface area contributed by atoms with Gasteiger partial charge in [-0.3, -0.25) is 0 Å². The van der Waals surface area contributed by atoms with Crippen molar-refractivity contribution in [3.8, 4) is 78.1 Å². The molecule has 0 amide bonds. The molecule has 0 aliphatic rings. The third-order valence-electron chi connectivity index (χ3n) is 23.7. The minimum atomic E-state index is 1.06. The van der Waals surface area contributed by atoms with Gasteiger partial charge < -0.3 is 18.9 Å². The summed E-state index contributed by atoms with van der Waals surface area (Å²) in [6.07, 6.45) is 0. The van der Waals surface area contributed by atoms with Crippen molar-refractivity contribution in [2.24, 2.45) is 0 Å². The van der Waals surface area contributed by atoms with E-state index in [2.05, 4.69) is 444 Å². The molecule has 23 aromatic rings. The lowest BCUT2D eigenvalue weighted by atomic mass is 9.95. The van der Waals surface area contributed by atoms with Crippen molar-refractivity contribution in [3.63, 3.8) is 0 Å². The lowest BCUT2D eigenvalue weighted by Crippen LogP contribution is -2.14. The monoisotopic (exact) mass is 1510 g/mol. The second-order valence-corrected chi connectivity index (χ2v) is 32.3. The number of thiophene rings is 2. The van der Waals surface area contributed by atoms with Gasteiger partial charge in [0.15, 0.2) is 0 Å². The molecule has 0 fully saturated rings. The zero-order chi connectivity index (χ0) is 76.3. The molecule has 0 saturated heterocycles. The van der Waals surface area contributed by atoms with Crippen molar-refractivity contribution in [3.05, 3.63) is 425 Å². The summed E-state index contributed by atoms with van der Waals surface area (Å²) in [5.74, 6) is 0. The van der Waals surface area contributed by atoms with Crippen molar-refractivity contribution >= 4 is 162 Å². The zero-order valence-corrected chi connectivity index (χ0v) is 64.7. The van der Waals surface area contributed by atoms with E-state index in [1.54, 1.807) is 0 Å². The molecule has 23 rings (SSSR count). The minimum absolute atomic E-state index is 1.06. The first-order valence-electron chi connectivity index (χ1n) is 39.7. The molecule has 0 bridgehead atoms. The third kappa shape index (κ3) is 11.1. The summed E-state index contributed by atoms with van der Waals surface area (Å²) in [5.41, 5.74) is 27.5. The fourth-order valence-corrected chi connectivity index (χ4v) is 20.9. The summed E-state index contributed by atoms with van der Waals surface area (Å²) in [6, 6.07) is 157. The summed E-state index contributed by atoms with van der Waals surface area (Å²) < 4.78 is 10.0. The van der Waals surface area contributed by atoms with E-state index in [0.29, 0.717) is 0 Å². The van der Waals surface area contributed by atoms with E-state index in [4.69, 9.17) is 0 Å². The van der Waals surface area contributed by atoms with Gasteiger partial charge in [0.1, 0.15) is 0 Å². The van der Waals surface area contributed by atoms with Crippen LogP contribution in [0.4, 0.5) is 34.1 Å². The Hall–Kier alpha value is -14.7. The van der Waals surface area contributed by atoms with E-state index < -0.39 is 0 Å². The van der Waals surface area contributed by atoms with Crippen LogP contribution in [0, 0.1) is 0 Å². The number of hydrogen-bond acceptors (Lipinski definition) is 4. The average molecular weight is 1510 g/mol. The SMILES string of the molecule is c1ccc(N(c2ccc(-c3ccc(-c4ccc5ccc(-c6cccc7c6sc6c(-c8ccccc8N(c8ccc(-c9ccc%10ccccc%10c9)cc8)c8ccccc8-n8c9ccccc9c9ccccc98)cccc67)cc5c4)cc3)cc2)c2ccccc2-n2c3ccccc3c3ccccc32)c(-c2cccc3c2sc2ccccc23)c1. The Morgan fingerprint density at radius 1 is 0.181 bits per heavy atom. The number of aromatic nitrogens is 2. The highest BCUT2D eigenvalue weighted by atomic mass is 32.1. The van der Waals surface area contributed by atoms with E-state index in [1.807, 2.05) is 22.7 Å². The molecule has 19 aromatic carbocycles. The number of rotatable bonds is 14. The molecule has 542 valence electrons. The van der Waals surface area contributed by atoms with Gasteiger partial charge in [-0.25, -0.2) is 0 Å². The van der Waals surface area contributed by atoms with E-state index in [1.165, 1.54) is 156 Å². The Labute approximate surface area is 679 Å². The molecule has 0 unspecified atom stereocenters. The van der Waals surface area contributed by atoms with Gasteiger partial charge in [0.2, 0.25) is 0 Å². The zero-order valence-electron chi connectivity index (χ0n) is 63.0. The van der Waals surface area contributed by atoms with Crippen LogP contribution in [0.3, 0.4) is 0 Å². The van der Waals surface area contributed by atoms with Gasteiger partial charge in [0.25, 0.3) is 0 Å². The first-order chi connectivity index (χ1) is 57.5. The third-order valence-corrected chi connectivity index (χ3v) is 26.2. The predicted molar refractivity (Wildman–Crippen MR) is 498 cm³/mol. The summed E-state index contributed by atoms with van der Waals surface area (Å²) in [4.78, 5) is 4.97. The molecule has 4 aromatic heterocycles. The molecule has 0 atom stereocenters. The van der Waals surface area contributed by atoms with Gasteiger partial charge in [0, 0.05) is 95.5 Å². The highest BCUT2D eigenvalue weighted by Crippen LogP contribution is 2.53. The number of hydrogen-bond donors (Lipinski definition) is 0. The first kappa shape index (κ1) is 67.1. The quantitative estimate of drug-likeness (QED) is 0.108. The second-order valence-electron chi connectivity index (χ2n) is 30.2. The van der Waals surface area contributed by atoms with Crippen molar-refractivity contribution in [2.45, 2.75) is 0 Å². The van der Waals surface area contributed by atoms with Crippen LogP contribution < -0.4 is 9.80 Å². The maximum absolute atomic E-state index is 2.49. The summed E-state index contributed by atoms with van der Waals surface area (Å²) >= 11 is 3.78. The number of fused-ring (bicyclic) bond motifs is 14. The number of anilines is 6. The normalized spacial score (nSPS) is 11.8. The predicted octanol–water partition coefficient (Wildman–Crippen LogP) is 31.9. The maximum Gasteiger partial charge on any atom is 0.0702 e. The van der Waals surface area contributed by atoms with Gasteiger partial charge in [-0.05, 0) is 175 Å². The molecule has 116 heavy (non-hydrogen) atoms. The summed E-state index contributed by atoms with van der Waals surface area (Å²) in [5, 5.41) is 14.9. The van der Waals surface area contributed by atoms with Crippen LogP contribution >= 0.6 is 22.7 Å². The molecule has 4 heterocycles. The Morgan fingerprint density at radius 2 is 0.491 bits per heavy atom. The Balaban J connectivity index is 0.590. The largest absolute Gasteiger partial charge is 0.308 e. The topological polar surface area (TPSA) is 16.3 Å². The molecular formula is C110H70N4S2. The van der Waals surface area contributed by atoms with Crippen LogP contribution in [-0.4, -0.2) is 9.13 Å². The molecule has 6 heteroatoms. The van der Waals surface area contributed by atoms with E-state index in [9.17, 15) is 0 Å². The van der Waals surface area contributed by atoms with Gasteiger partial charge in [0.05, 0.1) is 56.2 Å². The lowest BCUT2D eigenvalue weighted by Gasteiger charge is -2.30. The average Bonchev–Trinajstić information content (AvgIpc) is 1.54. The first-order valence-corrected chi connectivity index (χ1v) is 41.3. The molecule has 0 spiro atoms. The highest BCUT2D eigenvalue weighted by molar-refractivity contribution is 7.27. The van der Waals surface area contributed by atoms with Crippen molar-refractivity contribution < 1.29 is 0 Å². The second kappa shape index (κ2) is 27.6. The molecule has 4 nitrogen and oxygen atoms in total. The maximum atomic E-state index is 2.49. The standard InChI is InChI=1S/C110H70N4S2/c1-2-25-77-68-78(57-54-71(77)24-1)75-62-66-83(67-63-75)112(104-46-17-19-48-106(104)114-101-43-14-5-28-87(101)88-29-6-15-44-102(88)114)98-40-11-8-31-90(98)93-35-23-38-96-95-37-21-33-84(108(95)116-110(93)96)80-59-56-76-55-58-79(69-81(76)70-80)74-52-50-72(51-53-74)73-60-64-82(65-61-73)111(97-39-10-7-30-89(97)92-34-22-36-94-91-32-9-20-49-107(91)115-109(92)94)103-45-16-18-47-105(103)113-99-41-12-3-26-85(99)86-27-4-13-42-100(86)113/h1-70H. The van der Waals surface area contributed by atoms with Crippen molar-refractivity contribution in [1.29, 1.82) is 0 Å². The fourth-order valence-electron chi connectivity index (χ4n) is 18.3. The number of para-hydroxylation sites is 10. The summed E-state index contributed by atoms with van der Waals surface area (Å²) in [7, 11) is 0. The summed E-state index contributed by atoms with van der Waals surface area (Å²) in [6.45, 7) is 0. The van der Waals surface area contributed by atoms with Crippen LogP contribution in [0.1, 0.15) is 0 Å². The van der Waals surface area contributed by atoms with Gasteiger partial charge in [-0.2, -0.15) is 0 Å².